The van der Waals surface area contributed by atoms with Crippen LogP contribution in [0.3, 0.4) is 0 Å². The van der Waals surface area contributed by atoms with Crippen molar-refractivity contribution in [3.05, 3.63) is 12.2 Å². The fourth-order valence-corrected chi connectivity index (χ4v) is 1.09. The highest BCUT2D eigenvalue weighted by atomic mass is 32.1. The Morgan fingerprint density at radius 1 is 1.67 bits per heavy atom. The van der Waals surface area contributed by atoms with Gasteiger partial charge in [-0.15, -0.1) is 5.10 Å². The Hall–Kier alpha value is -1.01. The summed E-state index contributed by atoms with van der Waals surface area (Å²) in [7, 11) is 0. The number of aromatic nitrogens is 3. The van der Waals surface area contributed by atoms with E-state index in [-0.39, 0.29) is 4.99 Å². The van der Waals surface area contributed by atoms with Gasteiger partial charge in [0, 0.05) is 6.61 Å². The van der Waals surface area contributed by atoms with E-state index in [4.69, 9.17) is 22.7 Å². The molecule has 0 saturated heterocycles. The van der Waals surface area contributed by atoms with Gasteiger partial charge in [-0.1, -0.05) is 26.1 Å². The van der Waals surface area contributed by atoms with Crippen molar-refractivity contribution in [1.29, 1.82) is 0 Å². The third-order valence-electron chi connectivity index (χ3n) is 1.67. The molecule has 0 aromatic carbocycles. The number of hydrogen-bond acceptors (Lipinski definition) is 4. The van der Waals surface area contributed by atoms with E-state index >= 15 is 0 Å². The molecule has 1 aromatic rings. The zero-order valence-corrected chi connectivity index (χ0v) is 9.83. The van der Waals surface area contributed by atoms with Crippen molar-refractivity contribution in [3.63, 3.8) is 0 Å². The summed E-state index contributed by atoms with van der Waals surface area (Å²) in [5.41, 5.74) is 5.38. The zero-order chi connectivity index (χ0) is 11.3. The Balaban J connectivity index is 2.29. The molecule has 15 heavy (non-hydrogen) atoms. The van der Waals surface area contributed by atoms with Crippen LogP contribution in [0.5, 0.6) is 0 Å². The third kappa shape index (κ3) is 4.35. The van der Waals surface area contributed by atoms with Crippen LogP contribution in [0.2, 0.25) is 0 Å². The van der Waals surface area contributed by atoms with Crippen LogP contribution >= 0.6 is 12.2 Å². The molecule has 0 atom stereocenters. The van der Waals surface area contributed by atoms with E-state index in [1.54, 1.807) is 11.0 Å². The predicted octanol–water partition coefficient (Wildman–Crippen LogP) is 0.585. The summed E-state index contributed by atoms with van der Waals surface area (Å²) >= 11 is 4.75. The topological polar surface area (TPSA) is 66.0 Å². The van der Waals surface area contributed by atoms with Crippen LogP contribution in [0.25, 0.3) is 0 Å². The Morgan fingerprint density at radius 2 is 2.40 bits per heavy atom. The Morgan fingerprint density at radius 3 is 2.93 bits per heavy atom. The molecular weight excluding hydrogens is 212 g/mol. The molecule has 1 rings (SSSR count). The summed E-state index contributed by atoms with van der Waals surface area (Å²) in [5, 5.41) is 4.09. The van der Waals surface area contributed by atoms with E-state index in [9.17, 15) is 0 Å². The quantitative estimate of drug-likeness (QED) is 0.570. The molecule has 0 amide bonds. The lowest BCUT2D eigenvalue weighted by Gasteiger charge is -2.05. The lowest BCUT2D eigenvalue weighted by Crippen LogP contribution is -2.13. The number of nitrogens with zero attached hydrogens (tertiary/aromatic N) is 3. The highest BCUT2D eigenvalue weighted by molar-refractivity contribution is 7.80. The lowest BCUT2D eigenvalue weighted by atomic mass is 10.2. The zero-order valence-electron chi connectivity index (χ0n) is 9.01. The van der Waals surface area contributed by atoms with Gasteiger partial charge in [-0.3, -0.25) is 0 Å². The van der Waals surface area contributed by atoms with Gasteiger partial charge in [0.2, 0.25) is 5.82 Å². The van der Waals surface area contributed by atoms with E-state index in [2.05, 4.69) is 23.9 Å². The van der Waals surface area contributed by atoms with Gasteiger partial charge < -0.3 is 10.5 Å². The summed E-state index contributed by atoms with van der Waals surface area (Å²) in [5.74, 6) is 0.960. The molecule has 1 aromatic heterocycles. The number of thiocarbonyl (C=S) groups is 1. The highest BCUT2D eigenvalue weighted by Gasteiger charge is 2.02. The summed E-state index contributed by atoms with van der Waals surface area (Å²) < 4.78 is 7.09. The normalized spacial score (nSPS) is 10.9. The minimum absolute atomic E-state index is 0.219. The molecule has 6 heteroatoms. The summed E-state index contributed by atoms with van der Waals surface area (Å²) in [6.45, 7) is 6.28. The molecule has 0 radical (unpaired) electrons. The predicted molar refractivity (Wildman–Crippen MR) is 61.6 cm³/mol. The van der Waals surface area contributed by atoms with Crippen molar-refractivity contribution in [2.24, 2.45) is 11.7 Å². The first kappa shape index (κ1) is 12.1. The molecule has 0 fully saturated rings. The van der Waals surface area contributed by atoms with Crippen molar-refractivity contribution in [1.82, 2.24) is 14.8 Å². The van der Waals surface area contributed by atoms with Gasteiger partial charge in [0.1, 0.15) is 11.3 Å². The van der Waals surface area contributed by atoms with Gasteiger partial charge >= 0.3 is 0 Å². The van der Waals surface area contributed by atoms with Crippen LogP contribution in [0.15, 0.2) is 6.33 Å². The summed E-state index contributed by atoms with van der Waals surface area (Å²) in [6.07, 6.45) is 1.60. The second-order valence-corrected chi connectivity index (χ2v) is 4.10. The standard InChI is InChI=1S/C9H16N4OS/c1-7(2)5-14-4-3-13-6-11-9(12-13)8(10)15/h6-7H,3-5H2,1-2H3,(H2,10,15). The van der Waals surface area contributed by atoms with E-state index in [0.717, 1.165) is 6.61 Å². The maximum Gasteiger partial charge on any atom is 0.208 e. The first-order chi connectivity index (χ1) is 7.09. The van der Waals surface area contributed by atoms with Crippen molar-refractivity contribution in [2.75, 3.05) is 13.2 Å². The van der Waals surface area contributed by atoms with Gasteiger partial charge in [-0.05, 0) is 5.92 Å². The Kier molecular flexibility index (Phi) is 4.64. The van der Waals surface area contributed by atoms with Crippen LogP contribution in [0, 0.1) is 5.92 Å². The third-order valence-corrected chi connectivity index (χ3v) is 1.86. The molecule has 0 saturated carbocycles. The van der Waals surface area contributed by atoms with E-state index in [0.29, 0.717) is 24.9 Å². The molecule has 2 N–H and O–H groups in total. The average Bonchev–Trinajstić information content (AvgIpc) is 2.60. The van der Waals surface area contributed by atoms with Crippen LogP contribution in [0.1, 0.15) is 19.7 Å². The highest BCUT2D eigenvalue weighted by Crippen LogP contribution is 1.94. The average molecular weight is 228 g/mol. The monoisotopic (exact) mass is 228 g/mol. The summed E-state index contributed by atoms with van der Waals surface area (Å²) in [6, 6.07) is 0. The lowest BCUT2D eigenvalue weighted by molar-refractivity contribution is 0.101. The maximum absolute atomic E-state index is 5.42. The van der Waals surface area contributed by atoms with Crippen LogP contribution < -0.4 is 5.73 Å². The molecule has 0 aliphatic carbocycles. The smallest absolute Gasteiger partial charge is 0.208 e. The Bertz CT molecular complexity index is 324. The minimum Gasteiger partial charge on any atom is -0.387 e. The second-order valence-electron chi connectivity index (χ2n) is 3.66. The molecule has 0 unspecified atom stereocenters. The summed E-state index contributed by atoms with van der Waals surface area (Å²) in [4.78, 5) is 4.18. The SMILES string of the molecule is CC(C)COCCn1cnc(C(N)=S)n1. The van der Waals surface area contributed by atoms with E-state index in [1.165, 1.54) is 0 Å². The fraction of sp³-hybridized carbons (Fsp3) is 0.667. The molecule has 84 valence electrons. The van der Waals surface area contributed by atoms with Crippen LogP contribution in [-0.2, 0) is 11.3 Å². The van der Waals surface area contributed by atoms with Crippen molar-refractivity contribution < 1.29 is 4.74 Å². The minimum atomic E-state index is 0.219. The van der Waals surface area contributed by atoms with Gasteiger partial charge in [0.25, 0.3) is 0 Å². The molecule has 5 nitrogen and oxygen atoms in total. The number of nitrogens with two attached hydrogens (primary N) is 1. The van der Waals surface area contributed by atoms with Crippen molar-refractivity contribution in [2.45, 2.75) is 20.4 Å². The number of rotatable bonds is 6. The first-order valence-corrected chi connectivity index (χ1v) is 5.27. The van der Waals surface area contributed by atoms with Gasteiger partial charge in [0.15, 0.2) is 0 Å². The molecule has 1 heterocycles. The molecular formula is C9H16N4OS. The number of ether oxygens (including phenoxy) is 1. The largest absolute Gasteiger partial charge is 0.387 e. The fourth-order valence-electron chi connectivity index (χ4n) is 0.992. The Labute approximate surface area is 94.6 Å². The first-order valence-electron chi connectivity index (χ1n) is 4.86. The van der Waals surface area contributed by atoms with Gasteiger partial charge in [-0.2, -0.15) is 0 Å². The molecule has 0 aliphatic rings. The van der Waals surface area contributed by atoms with Crippen molar-refractivity contribution >= 4 is 17.2 Å². The van der Waals surface area contributed by atoms with Gasteiger partial charge in [0.05, 0.1) is 13.2 Å². The molecule has 0 bridgehead atoms. The van der Waals surface area contributed by atoms with Crippen LogP contribution in [-0.4, -0.2) is 33.0 Å². The number of hydrogen-bond donors (Lipinski definition) is 1. The van der Waals surface area contributed by atoms with Crippen molar-refractivity contribution in [3.8, 4) is 0 Å². The second kappa shape index (κ2) is 5.77. The molecule has 0 aliphatic heterocycles. The van der Waals surface area contributed by atoms with E-state index < -0.39 is 0 Å². The molecule has 0 spiro atoms. The van der Waals surface area contributed by atoms with Crippen LogP contribution in [0.4, 0.5) is 0 Å². The van der Waals surface area contributed by atoms with Gasteiger partial charge in [-0.25, -0.2) is 9.67 Å². The maximum atomic E-state index is 5.42. The van der Waals surface area contributed by atoms with E-state index in [1.807, 2.05) is 0 Å².